The summed E-state index contributed by atoms with van der Waals surface area (Å²) in [4.78, 5) is 17.7. The van der Waals surface area contributed by atoms with Crippen molar-refractivity contribution in [2.24, 2.45) is 0 Å². The number of sulfonamides is 2. The number of rotatable bonds is 4. The van der Waals surface area contributed by atoms with Crippen LogP contribution in [0.25, 0.3) is 26.9 Å². The molecule has 0 aliphatic rings. The molecule has 0 atom stereocenters. The number of hydrogen-bond donors (Lipinski definition) is 0. The molecule has 0 spiro atoms. The third-order valence-electron chi connectivity index (χ3n) is 4.86. The van der Waals surface area contributed by atoms with Crippen LogP contribution in [-0.2, 0) is 37.1 Å². The predicted molar refractivity (Wildman–Crippen MR) is 147 cm³/mol. The summed E-state index contributed by atoms with van der Waals surface area (Å²) in [5, 5.41) is 0. The van der Waals surface area contributed by atoms with E-state index in [0.717, 1.165) is 49.7 Å². The molecule has 0 bridgehead atoms. The third kappa shape index (κ3) is 11.6. The van der Waals surface area contributed by atoms with Crippen LogP contribution in [0.5, 0.6) is 0 Å². The van der Waals surface area contributed by atoms with Crippen molar-refractivity contribution in [1.82, 2.24) is 19.9 Å². The zero-order chi connectivity index (χ0) is 32.6. The van der Waals surface area contributed by atoms with Gasteiger partial charge in [-0.05, 0) is 76.2 Å². The number of aryl methyl sites for hydroxylation is 4. The maximum absolute atomic E-state index is 11.4. The van der Waals surface area contributed by atoms with Gasteiger partial charge in [0.2, 0.25) is 0 Å². The van der Waals surface area contributed by atoms with Gasteiger partial charge in [-0.25, -0.2) is 16.8 Å². The van der Waals surface area contributed by atoms with Crippen LogP contribution in [-0.4, -0.2) is 47.8 Å². The Hall–Kier alpha value is -3.44. The summed E-state index contributed by atoms with van der Waals surface area (Å²) in [6, 6.07) is 23.9. The van der Waals surface area contributed by atoms with Crippen molar-refractivity contribution in [1.29, 1.82) is 0 Å². The molecule has 0 aliphatic carbocycles. The van der Waals surface area contributed by atoms with E-state index in [1.807, 2.05) is 100 Å². The van der Waals surface area contributed by atoms with Gasteiger partial charge in [-0.3, -0.25) is 19.9 Å². The zero-order valence-electron chi connectivity index (χ0n) is 23.2. The van der Waals surface area contributed by atoms with E-state index >= 15 is 0 Å². The smallest absolute Gasteiger partial charge is 0.421 e. The van der Waals surface area contributed by atoms with Gasteiger partial charge in [-0.1, -0.05) is 24.3 Å². The molecule has 0 N–H and O–H groups in total. The summed E-state index contributed by atoms with van der Waals surface area (Å²) in [5.41, 5.74) is -4.57. The summed E-state index contributed by atoms with van der Waals surface area (Å²) < 4.78 is 109. The molecule has 9 nitrogen and oxygen atoms in total. The molecule has 0 aliphatic heterocycles. The Balaban J connectivity index is 0.000000326. The minimum absolute atomic E-state index is 0. The molecule has 4 aromatic rings. The van der Waals surface area contributed by atoms with E-state index in [2.05, 4.69) is 19.9 Å². The first-order chi connectivity index (χ1) is 19.7. The standard InChI is InChI=1S/2C12H12N2.C2F6NO4S2.Cu/c2*1-9-5-3-7-11(13-9)12-8-4-6-10(2)14-12;3-1(4,5)14(10,11)9-15(12,13)2(6,7)8;/h2*3-8H,1-2H3;;/q;;-1;+1. The maximum atomic E-state index is 11.4. The van der Waals surface area contributed by atoms with Crippen LogP contribution in [0.3, 0.4) is 0 Å². The van der Waals surface area contributed by atoms with Crippen molar-refractivity contribution in [3.05, 3.63) is 99.7 Å². The summed E-state index contributed by atoms with van der Waals surface area (Å²) in [5.74, 6) is 0. The van der Waals surface area contributed by atoms with Gasteiger partial charge < -0.3 is 4.13 Å². The average molecular weight is 712 g/mol. The summed E-state index contributed by atoms with van der Waals surface area (Å²) in [6.07, 6.45) is 0. The predicted octanol–water partition coefficient (Wildman–Crippen LogP) is 6.58. The zero-order valence-corrected chi connectivity index (χ0v) is 25.8. The van der Waals surface area contributed by atoms with E-state index < -0.39 is 31.1 Å². The molecule has 4 heterocycles. The number of hydrogen-bond acceptors (Lipinski definition) is 8. The fourth-order valence-electron chi connectivity index (χ4n) is 2.96. The van der Waals surface area contributed by atoms with Crippen LogP contribution < -0.4 is 0 Å². The van der Waals surface area contributed by atoms with E-state index in [9.17, 15) is 43.2 Å². The van der Waals surface area contributed by atoms with Gasteiger partial charge in [-0.2, -0.15) is 26.3 Å². The van der Waals surface area contributed by atoms with Crippen molar-refractivity contribution in [2.45, 2.75) is 38.7 Å². The monoisotopic (exact) mass is 711 g/mol. The van der Waals surface area contributed by atoms with E-state index in [0.29, 0.717) is 0 Å². The SMILES string of the molecule is Cc1cccc(-c2cccc(C)n2)n1.Cc1cccc(-c2cccc(C)n2)n1.O=S(=O)([N-]S(=O)(=O)C(F)(F)F)C(F)(F)F.[Cu+]. The van der Waals surface area contributed by atoms with Crippen molar-refractivity contribution >= 4 is 20.0 Å². The van der Waals surface area contributed by atoms with Crippen LogP contribution in [0.4, 0.5) is 26.3 Å². The topological polar surface area (TPSA) is 134 Å². The maximum Gasteiger partial charge on any atom is 1.00 e. The molecule has 0 saturated carbocycles. The molecule has 0 radical (unpaired) electrons. The van der Waals surface area contributed by atoms with Gasteiger partial charge in [0, 0.05) is 22.8 Å². The first-order valence-corrected chi connectivity index (χ1v) is 14.7. The molecular formula is C26H24CuF6N5O4S2. The summed E-state index contributed by atoms with van der Waals surface area (Å²) in [7, 11) is -13.4. The molecule has 44 heavy (non-hydrogen) atoms. The minimum Gasteiger partial charge on any atom is -0.421 e. The third-order valence-corrected chi connectivity index (χ3v) is 7.60. The second-order valence-electron chi connectivity index (χ2n) is 8.57. The quantitative estimate of drug-likeness (QED) is 0.171. The van der Waals surface area contributed by atoms with Gasteiger partial charge in [0.25, 0.3) is 0 Å². The summed E-state index contributed by atoms with van der Waals surface area (Å²) in [6.45, 7) is 7.94. The van der Waals surface area contributed by atoms with Crippen molar-refractivity contribution in [3.63, 3.8) is 0 Å². The van der Waals surface area contributed by atoms with E-state index in [4.69, 9.17) is 0 Å². The molecule has 242 valence electrons. The molecule has 0 unspecified atom stereocenters. The Kier molecular flexibility index (Phi) is 13.6. The Labute approximate surface area is 260 Å². The average Bonchev–Trinajstić information content (AvgIpc) is 2.88. The van der Waals surface area contributed by atoms with Crippen molar-refractivity contribution in [2.75, 3.05) is 0 Å². The van der Waals surface area contributed by atoms with E-state index in [-0.39, 0.29) is 17.1 Å². The summed E-state index contributed by atoms with van der Waals surface area (Å²) >= 11 is 0. The Morgan fingerprint density at radius 1 is 0.477 bits per heavy atom. The van der Waals surface area contributed by atoms with E-state index in [1.54, 1.807) is 0 Å². The first-order valence-electron chi connectivity index (χ1n) is 11.8. The van der Waals surface area contributed by atoms with Crippen LogP contribution in [0.15, 0.2) is 72.8 Å². The number of nitrogens with zero attached hydrogens (tertiary/aromatic N) is 5. The Bertz CT molecular complexity index is 1560. The van der Waals surface area contributed by atoms with Crippen LogP contribution in [0.1, 0.15) is 22.8 Å². The normalized spacial score (nSPS) is 11.7. The van der Waals surface area contributed by atoms with Gasteiger partial charge in [0.05, 0.1) is 22.8 Å². The number of aromatic nitrogens is 4. The Morgan fingerprint density at radius 2 is 0.682 bits per heavy atom. The van der Waals surface area contributed by atoms with Gasteiger partial charge in [0.1, 0.15) is 0 Å². The second-order valence-corrected chi connectivity index (χ2v) is 12.0. The molecule has 0 amide bonds. The molecular weight excluding hydrogens is 688 g/mol. The second kappa shape index (κ2) is 15.5. The molecule has 0 aromatic carbocycles. The molecule has 0 saturated heterocycles. The Morgan fingerprint density at radius 3 is 0.841 bits per heavy atom. The van der Waals surface area contributed by atoms with Gasteiger partial charge >= 0.3 is 28.1 Å². The van der Waals surface area contributed by atoms with Crippen LogP contribution >= 0.6 is 0 Å². The molecule has 4 aromatic heterocycles. The number of alkyl halides is 6. The van der Waals surface area contributed by atoms with Crippen LogP contribution in [0, 0.1) is 27.7 Å². The van der Waals surface area contributed by atoms with Crippen LogP contribution in [0.2, 0.25) is 0 Å². The van der Waals surface area contributed by atoms with Crippen molar-refractivity contribution in [3.8, 4) is 22.8 Å². The number of halogens is 6. The van der Waals surface area contributed by atoms with Gasteiger partial charge in [0.15, 0.2) is 20.0 Å². The van der Waals surface area contributed by atoms with Gasteiger partial charge in [-0.15, -0.1) is 0 Å². The largest absolute Gasteiger partial charge is 1.00 e. The fourth-order valence-corrected chi connectivity index (χ4v) is 4.67. The molecule has 4 rings (SSSR count). The molecule has 0 fully saturated rings. The van der Waals surface area contributed by atoms with Crippen molar-refractivity contribution < 1.29 is 60.2 Å². The number of pyridine rings is 4. The first kappa shape index (κ1) is 38.6. The minimum atomic E-state index is -6.72. The van der Waals surface area contributed by atoms with E-state index in [1.165, 1.54) is 0 Å². The molecule has 18 heteroatoms. The fraction of sp³-hybridized carbons (Fsp3) is 0.231.